The molecule has 1 aromatic carbocycles. The first-order chi connectivity index (χ1) is 12.5. The van der Waals surface area contributed by atoms with Gasteiger partial charge in [-0.1, -0.05) is 6.07 Å². The summed E-state index contributed by atoms with van der Waals surface area (Å²) in [5.74, 6) is -2.42. The van der Waals surface area contributed by atoms with Gasteiger partial charge >= 0.3 is 0 Å². The molecular formula is C15H15N3O3. The van der Waals surface area contributed by atoms with Crippen LogP contribution in [0.15, 0.2) is 23.0 Å². The number of nitrogens with zero attached hydrogens (tertiary/aromatic N) is 2. The van der Waals surface area contributed by atoms with Crippen molar-refractivity contribution in [3.8, 4) is 0 Å². The largest absolute Gasteiger partial charge is 0.398 e. The zero-order chi connectivity index (χ0) is 20.3. The number of nitrogen functional groups attached to an aromatic ring is 1. The first kappa shape index (κ1) is 8.07. The van der Waals surface area contributed by atoms with Gasteiger partial charge in [0.05, 0.1) is 24.7 Å². The standard InChI is InChI=1S/C15H15N3O3/c1-8-17-11-4-2-3-10(16)14(11)15(21)18(8)12-6-5-9(19)7-13(12)20/h2-4,12H,5-7,16H2,1H3/i1D2,4D,5D,6D2. The van der Waals surface area contributed by atoms with Crippen LogP contribution in [0.25, 0.3) is 10.9 Å². The van der Waals surface area contributed by atoms with Crippen molar-refractivity contribution in [2.45, 2.75) is 32.1 Å². The Balaban J connectivity index is 2.43. The van der Waals surface area contributed by atoms with E-state index in [1.54, 1.807) is 0 Å². The molecule has 0 aliphatic heterocycles. The maximum Gasteiger partial charge on any atom is 0.264 e. The Morgan fingerprint density at radius 3 is 3.10 bits per heavy atom. The van der Waals surface area contributed by atoms with Crippen LogP contribution in [-0.2, 0) is 9.59 Å². The van der Waals surface area contributed by atoms with Gasteiger partial charge in [-0.15, -0.1) is 0 Å². The number of fused-ring (bicyclic) bond motifs is 1. The van der Waals surface area contributed by atoms with Gasteiger partial charge in [-0.2, -0.15) is 0 Å². The van der Waals surface area contributed by atoms with Crippen molar-refractivity contribution in [2.24, 2.45) is 0 Å². The number of hydrogen-bond donors (Lipinski definition) is 1. The molecule has 3 rings (SSSR count). The second-order valence-corrected chi connectivity index (χ2v) is 4.62. The van der Waals surface area contributed by atoms with Crippen LogP contribution in [0.1, 0.15) is 39.3 Å². The SMILES string of the molecule is [2H]c1ccc(N)c2c(=O)n(C3C(=O)CC(=O)C([2H])C3([2H])[2H])c(C([2H])[2H])nc12. The molecule has 2 aromatic rings. The number of rotatable bonds is 1. The molecule has 1 fully saturated rings. The van der Waals surface area contributed by atoms with E-state index in [1.165, 1.54) is 12.1 Å². The number of aryl methyl sites for hydroxylation is 1. The minimum Gasteiger partial charge on any atom is -0.398 e. The summed E-state index contributed by atoms with van der Waals surface area (Å²) in [4.78, 5) is 41.2. The number of Topliss-reactive ketones (excluding diaryl/α,β-unsaturated/α-hetero) is 2. The summed E-state index contributed by atoms with van der Waals surface area (Å²) >= 11 is 0. The second kappa shape index (κ2) is 4.80. The number of carbonyl (C=O) groups excluding carboxylic acids is 2. The molecule has 0 radical (unpaired) electrons. The Hall–Kier alpha value is -2.50. The summed E-state index contributed by atoms with van der Waals surface area (Å²) < 4.78 is 47.7. The Morgan fingerprint density at radius 1 is 1.52 bits per heavy atom. The topological polar surface area (TPSA) is 95.0 Å². The fourth-order valence-electron chi connectivity index (χ4n) is 2.26. The number of nitrogens with two attached hydrogens (primary N) is 1. The molecule has 6 heteroatoms. The molecule has 6 nitrogen and oxygen atoms in total. The van der Waals surface area contributed by atoms with Crippen molar-refractivity contribution in [1.29, 1.82) is 0 Å². The third-order valence-corrected chi connectivity index (χ3v) is 3.23. The van der Waals surface area contributed by atoms with E-state index in [4.69, 9.17) is 14.0 Å². The molecule has 21 heavy (non-hydrogen) atoms. The van der Waals surface area contributed by atoms with E-state index in [0.29, 0.717) is 4.57 Å². The number of hydrogen-bond acceptors (Lipinski definition) is 5. The molecule has 108 valence electrons. The summed E-state index contributed by atoms with van der Waals surface area (Å²) in [6.45, 7) is -1.88. The lowest BCUT2D eigenvalue weighted by Gasteiger charge is -2.24. The van der Waals surface area contributed by atoms with E-state index in [0.717, 1.165) is 0 Å². The molecule has 0 bridgehead atoms. The Bertz CT molecular complexity index is 1040. The summed E-state index contributed by atoms with van der Waals surface area (Å²) in [6, 6.07) is 0.482. The Morgan fingerprint density at radius 2 is 2.33 bits per heavy atom. The molecule has 0 amide bonds. The van der Waals surface area contributed by atoms with Gasteiger partial charge in [0, 0.05) is 18.9 Å². The second-order valence-electron chi connectivity index (χ2n) is 4.62. The first-order valence-corrected chi connectivity index (χ1v) is 6.11. The average molecular weight is 291 g/mol. The van der Waals surface area contributed by atoms with Gasteiger partial charge in [-0.05, 0) is 25.4 Å². The molecule has 0 saturated heterocycles. The zero-order valence-corrected chi connectivity index (χ0v) is 10.8. The lowest BCUT2D eigenvalue weighted by atomic mass is 9.92. The van der Waals surface area contributed by atoms with E-state index >= 15 is 0 Å². The maximum atomic E-state index is 13.1. The van der Waals surface area contributed by atoms with Crippen LogP contribution < -0.4 is 11.3 Å². The molecule has 2 unspecified atom stereocenters. The Kier molecular flexibility index (Phi) is 1.84. The van der Waals surface area contributed by atoms with Crippen LogP contribution in [0.4, 0.5) is 5.69 Å². The van der Waals surface area contributed by atoms with Crippen LogP contribution in [0.3, 0.4) is 0 Å². The Labute approximate surface area is 129 Å². The van der Waals surface area contributed by atoms with E-state index in [9.17, 15) is 14.4 Å². The van der Waals surface area contributed by atoms with Crippen molar-refractivity contribution in [3.63, 3.8) is 0 Å². The van der Waals surface area contributed by atoms with E-state index < -0.39 is 55.1 Å². The normalized spacial score (nSPS) is 29.4. The molecule has 2 N–H and O–H groups in total. The fourth-order valence-corrected chi connectivity index (χ4v) is 2.26. The minimum atomic E-state index is -2.75. The van der Waals surface area contributed by atoms with Crippen LogP contribution in [0, 0.1) is 6.88 Å². The van der Waals surface area contributed by atoms with E-state index in [-0.39, 0.29) is 22.6 Å². The molecule has 0 spiro atoms. The summed E-state index contributed by atoms with van der Waals surface area (Å²) in [7, 11) is 0. The summed E-state index contributed by atoms with van der Waals surface area (Å²) in [5, 5.41) is -0.242. The van der Waals surface area contributed by atoms with Crippen LogP contribution >= 0.6 is 0 Å². The van der Waals surface area contributed by atoms with E-state index in [1.807, 2.05) is 0 Å². The van der Waals surface area contributed by atoms with Crippen LogP contribution in [0.5, 0.6) is 0 Å². The third kappa shape index (κ3) is 2.12. The minimum absolute atomic E-state index is 0.0624. The molecule has 1 aromatic heterocycles. The van der Waals surface area contributed by atoms with Gasteiger partial charge in [-0.3, -0.25) is 19.0 Å². The maximum absolute atomic E-state index is 13.1. The highest BCUT2D eigenvalue weighted by Crippen LogP contribution is 2.24. The molecule has 1 aliphatic carbocycles. The van der Waals surface area contributed by atoms with Crippen molar-refractivity contribution < 1.29 is 17.8 Å². The smallest absolute Gasteiger partial charge is 0.264 e. The average Bonchev–Trinajstić information content (AvgIpc) is 2.57. The van der Waals surface area contributed by atoms with Crippen molar-refractivity contribution in [1.82, 2.24) is 9.55 Å². The number of ketones is 2. The quantitative estimate of drug-likeness (QED) is 0.628. The number of benzene rings is 1. The predicted octanol–water partition coefficient (Wildman–Crippen LogP) is 1.15. The molecule has 1 saturated carbocycles. The fraction of sp³-hybridized carbons (Fsp3) is 0.333. The van der Waals surface area contributed by atoms with Gasteiger partial charge in [0.15, 0.2) is 5.78 Å². The monoisotopic (exact) mass is 291 g/mol. The van der Waals surface area contributed by atoms with E-state index in [2.05, 4.69) is 4.98 Å². The highest BCUT2D eigenvalue weighted by Gasteiger charge is 2.30. The molecular weight excluding hydrogens is 270 g/mol. The highest BCUT2D eigenvalue weighted by molar-refractivity contribution is 6.03. The molecule has 1 aliphatic rings. The summed E-state index contributed by atoms with van der Waals surface area (Å²) in [5.41, 5.74) is 4.58. The zero-order valence-electron chi connectivity index (χ0n) is 16.8. The lowest BCUT2D eigenvalue weighted by molar-refractivity contribution is -0.132. The van der Waals surface area contributed by atoms with Gasteiger partial charge in [0.2, 0.25) is 0 Å². The molecule has 1 heterocycles. The van der Waals surface area contributed by atoms with Gasteiger partial charge in [0.25, 0.3) is 5.56 Å². The van der Waals surface area contributed by atoms with Gasteiger partial charge < -0.3 is 5.73 Å². The molecule has 2 atom stereocenters. The van der Waals surface area contributed by atoms with Crippen LogP contribution in [-0.4, -0.2) is 21.1 Å². The summed E-state index contributed by atoms with van der Waals surface area (Å²) in [6.07, 6.45) is -5.40. The van der Waals surface area contributed by atoms with Gasteiger partial charge in [0.1, 0.15) is 11.6 Å². The highest BCUT2D eigenvalue weighted by atomic mass is 16.2. The van der Waals surface area contributed by atoms with Crippen molar-refractivity contribution >= 4 is 28.2 Å². The lowest BCUT2D eigenvalue weighted by Crippen LogP contribution is -2.36. The number of carbonyl (C=O) groups is 2. The third-order valence-electron chi connectivity index (χ3n) is 3.23. The number of anilines is 1. The van der Waals surface area contributed by atoms with Crippen molar-refractivity contribution in [2.75, 3.05) is 5.73 Å². The first-order valence-electron chi connectivity index (χ1n) is 9.35. The van der Waals surface area contributed by atoms with Crippen molar-refractivity contribution in [3.05, 3.63) is 34.4 Å². The van der Waals surface area contributed by atoms with Gasteiger partial charge in [-0.25, -0.2) is 4.98 Å². The number of aromatic nitrogens is 2. The predicted molar refractivity (Wildman–Crippen MR) is 78.1 cm³/mol. The van der Waals surface area contributed by atoms with Crippen LogP contribution in [0.2, 0.25) is 0 Å².